The molecule has 0 spiro atoms. The van der Waals surface area contributed by atoms with E-state index in [4.69, 9.17) is 16.6 Å². The predicted octanol–water partition coefficient (Wildman–Crippen LogP) is 7.24. The first kappa shape index (κ1) is 43.0. The number of hydrogen-bond acceptors (Lipinski definition) is 8. The number of fused-ring (bicyclic) bond motifs is 5. The highest BCUT2D eigenvalue weighted by atomic mass is 35.5. The molecule has 3 atom stereocenters. The maximum atomic E-state index is 15.5. The van der Waals surface area contributed by atoms with E-state index in [1.54, 1.807) is 18.3 Å². The summed E-state index contributed by atoms with van der Waals surface area (Å²) in [6.45, 7) is -1.28. The quantitative estimate of drug-likeness (QED) is 0.108. The topological polar surface area (TPSA) is 164 Å². The fourth-order valence-corrected chi connectivity index (χ4v) is 9.34. The highest BCUT2D eigenvalue weighted by Crippen LogP contribution is 2.68. The van der Waals surface area contributed by atoms with Gasteiger partial charge in [-0.25, -0.2) is 31.0 Å². The van der Waals surface area contributed by atoms with E-state index in [1.807, 2.05) is 0 Å². The van der Waals surface area contributed by atoms with Crippen molar-refractivity contribution in [2.24, 2.45) is 13.0 Å². The molecule has 1 amide bonds. The Morgan fingerprint density at radius 1 is 1.03 bits per heavy atom. The molecule has 64 heavy (non-hydrogen) atoms. The molecule has 0 radical (unpaired) electrons. The number of carbonyl (C=O) groups is 1. The lowest BCUT2D eigenvalue weighted by Gasteiger charge is -2.24. The lowest BCUT2D eigenvalue weighted by atomic mass is 10.0. The van der Waals surface area contributed by atoms with Crippen LogP contribution in [0.15, 0.2) is 65.6 Å². The van der Waals surface area contributed by atoms with E-state index >= 15 is 13.6 Å². The number of nitrogens with zero attached hydrogens (tertiary/aromatic N) is 8. The van der Waals surface area contributed by atoms with E-state index in [2.05, 4.69) is 25.3 Å². The van der Waals surface area contributed by atoms with Crippen molar-refractivity contribution in [2.45, 2.75) is 56.7 Å². The Hall–Kier alpha value is -6.29. The average molecular weight is 931 g/mol. The molecule has 0 aliphatic heterocycles. The number of alkyl halides is 5. The number of rotatable bonds is 14. The Labute approximate surface area is 362 Å². The second kappa shape index (κ2) is 15.8. The van der Waals surface area contributed by atoms with Crippen LogP contribution in [-0.2, 0) is 47.3 Å². The number of sulfonamides is 1. The van der Waals surface area contributed by atoms with Gasteiger partial charge in [-0.1, -0.05) is 17.7 Å². The van der Waals surface area contributed by atoms with Gasteiger partial charge in [0.25, 0.3) is 17.9 Å². The van der Waals surface area contributed by atoms with Gasteiger partial charge in [0.15, 0.2) is 5.82 Å². The van der Waals surface area contributed by atoms with Crippen LogP contribution >= 0.6 is 11.6 Å². The minimum Gasteiger partial charge on any atom is -0.344 e. The van der Waals surface area contributed by atoms with E-state index in [9.17, 15) is 35.2 Å². The van der Waals surface area contributed by atoms with Crippen LogP contribution in [0.3, 0.4) is 0 Å². The monoisotopic (exact) mass is 930 g/mol. The third-order valence-corrected chi connectivity index (χ3v) is 12.1. The highest BCUT2D eigenvalue weighted by Gasteiger charge is 2.67. The summed E-state index contributed by atoms with van der Waals surface area (Å²) in [7, 11) is -2.48. The number of halogens is 8. The zero-order chi connectivity index (χ0) is 45.6. The molecule has 14 nitrogen and oxygen atoms in total. The Morgan fingerprint density at radius 3 is 2.48 bits per heavy atom. The minimum absolute atomic E-state index is 0.00366. The van der Waals surface area contributed by atoms with E-state index in [-0.39, 0.29) is 74.7 Å². The summed E-state index contributed by atoms with van der Waals surface area (Å²) in [6.07, 6.45) is -0.975. The summed E-state index contributed by atoms with van der Waals surface area (Å²) in [5, 5.41) is 15.3. The van der Waals surface area contributed by atoms with Crippen molar-refractivity contribution in [3.63, 3.8) is 0 Å². The van der Waals surface area contributed by atoms with Crippen LogP contribution < -0.4 is 15.6 Å². The number of anilines is 1. The lowest BCUT2D eigenvalue weighted by molar-refractivity contribution is -0.123. The van der Waals surface area contributed by atoms with Gasteiger partial charge in [0.05, 0.1) is 57.2 Å². The number of hydrogen-bond donors (Lipinski definition) is 2. The molecule has 0 saturated heterocycles. The maximum absolute atomic E-state index is 15.5. The fraction of sp³-hybridized carbons (Fsp3) is 0.317. The van der Waals surface area contributed by atoms with Crippen molar-refractivity contribution in [3.05, 3.63) is 116 Å². The molecule has 23 heteroatoms. The Balaban J connectivity index is 1.24. The molecular formula is C41H34ClF7N10O4S. The molecule has 9 rings (SSSR count). The highest BCUT2D eigenvalue weighted by molar-refractivity contribution is 7.92. The zero-order valence-electron chi connectivity index (χ0n) is 33.5. The molecule has 4 heterocycles. The number of carbonyl (C=O) groups excluding carboxylic acids is 1. The maximum Gasteiger partial charge on any atom is 0.293 e. The van der Waals surface area contributed by atoms with E-state index < -0.39 is 94.4 Å². The molecule has 0 bridgehead atoms. The van der Waals surface area contributed by atoms with E-state index in [0.717, 1.165) is 23.0 Å². The first-order valence-electron chi connectivity index (χ1n) is 19.6. The molecule has 0 unspecified atom stereocenters. The summed E-state index contributed by atoms with van der Waals surface area (Å²) < 4.78 is 133. The zero-order valence-corrected chi connectivity index (χ0v) is 35.0. The van der Waals surface area contributed by atoms with Gasteiger partial charge < -0.3 is 5.32 Å². The van der Waals surface area contributed by atoms with Crippen molar-refractivity contribution >= 4 is 55.2 Å². The third kappa shape index (κ3) is 7.64. The Kier molecular flexibility index (Phi) is 10.6. The number of aromatic nitrogens is 8. The molecule has 1 fully saturated rings. The number of nitrogens with one attached hydrogen (secondary N) is 2. The minimum atomic E-state index is -3.93. The summed E-state index contributed by atoms with van der Waals surface area (Å²) in [6, 6.07) is 10.0. The van der Waals surface area contributed by atoms with Crippen molar-refractivity contribution in [1.29, 1.82) is 0 Å². The van der Waals surface area contributed by atoms with Crippen LogP contribution in [0.5, 0.6) is 0 Å². The van der Waals surface area contributed by atoms with Gasteiger partial charge in [-0.3, -0.25) is 37.3 Å². The van der Waals surface area contributed by atoms with Crippen LogP contribution in [0, 0.1) is 17.6 Å². The summed E-state index contributed by atoms with van der Waals surface area (Å²) in [5.41, 5.74) is -1.76. The van der Waals surface area contributed by atoms with Gasteiger partial charge >= 0.3 is 0 Å². The van der Waals surface area contributed by atoms with Gasteiger partial charge in [-0.15, -0.1) is 0 Å². The Morgan fingerprint density at radius 2 is 1.78 bits per heavy atom. The summed E-state index contributed by atoms with van der Waals surface area (Å²) >= 11 is 6.63. The van der Waals surface area contributed by atoms with Crippen LogP contribution in [0.2, 0.25) is 5.02 Å². The summed E-state index contributed by atoms with van der Waals surface area (Å²) in [4.78, 5) is 34.1. The van der Waals surface area contributed by atoms with Crippen LogP contribution in [0.1, 0.15) is 59.6 Å². The number of benzene rings is 3. The van der Waals surface area contributed by atoms with Gasteiger partial charge in [-0.2, -0.15) is 24.1 Å². The van der Waals surface area contributed by atoms with Crippen molar-refractivity contribution in [1.82, 2.24) is 44.2 Å². The smallest absolute Gasteiger partial charge is 0.293 e. The molecule has 1 saturated carbocycles. The molecule has 2 N–H and O–H groups in total. The van der Waals surface area contributed by atoms with E-state index in [1.165, 1.54) is 40.7 Å². The van der Waals surface area contributed by atoms with Gasteiger partial charge in [0.1, 0.15) is 35.4 Å². The summed E-state index contributed by atoms with van der Waals surface area (Å²) in [5.74, 6) is -9.16. The second-order valence-corrected chi connectivity index (χ2v) is 17.9. The van der Waals surface area contributed by atoms with Gasteiger partial charge in [-0.05, 0) is 66.8 Å². The first-order valence-corrected chi connectivity index (χ1v) is 21.9. The number of amides is 1. The lowest BCUT2D eigenvalue weighted by Crippen LogP contribution is -2.38. The third-order valence-electron chi connectivity index (χ3n) is 11.3. The average Bonchev–Trinajstić information content (AvgIpc) is 3.43. The van der Waals surface area contributed by atoms with Crippen LogP contribution in [0.4, 0.5) is 36.6 Å². The van der Waals surface area contributed by atoms with Crippen molar-refractivity contribution < 1.29 is 43.9 Å². The van der Waals surface area contributed by atoms with Gasteiger partial charge in [0.2, 0.25) is 15.9 Å². The molecule has 3 aromatic carbocycles. The second-order valence-electron chi connectivity index (χ2n) is 15.8. The van der Waals surface area contributed by atoms with Crippen LogP contribution in [-0.4, -0.2) is 66.1 Å². The molecule has 334 valence electrons. The molecular weight excluding hydrogens is 897 g/mol. The Bertz CT molecular complexity index is 3200. The first-order chi connectivity index (χ1) is 30.3. The van der Waals surface area contributed by atoms with Crippen LogP contribution in [0.25, 0.3) is 38.8 Å². The standard InChI is InChI=1S/C41H34ClF7N10O4S/c1-56-35-30(7-6-26(42)33(35)38(54-56)55-64(2,62)63)59-39(51-28-15-20(4-5-23(28)40(59)61)27-8-11-57(52-27)10-3-9-43)29(14-19-12-21(44)16-22(45)13-19)50-31(60)18-58-36-32(34(53-58)37(46)47)24-17-25(24)41(36,48)49/h4-8,11-13,15-16,24-25,29,37H,3,9-10,14,17-18H2,1-2H3,(H,50,60)(H,54,55)/t24-,25+,29-/m0/s1. The fourth-order valence-electron chi connectivity index (χ4n) is 8.60. The SMILES string of the molecule is Cn1nc(NS(C)(=O)=O)c2c(Cl)ccc(-n3c([C@H](Cc4cc(F)cc(F)c4)NC(=O)Cn4nc(C(F)F)c5c4C(F)(F)[C@@H]4C[C@H]54)nc4cc(-c5ccn(CCCF)n5)ccc4c3=O)c21. The normalized spacial score (nSPS) is 17.0. The molecule has 4 aromatic heterocycles. The predicted molar refractivity (Wildman–Crippen MR) is 220 cm³/mol. The molecule has 2 aliphatic rings. The largest absolute Gasteiger partial charge is 0.344 e. The number of aryl methyl sites for hydroxylation is 2. The van der Waals surface area contributed by atoms with Crippen molar-refractivity contribution in [2.75, 3.05) is 17.7 Å². The molecule has 2 aliphatic carbocycles. The van der Waals surface area contributed by atoms with Gasteiger partial charge in [0, 0.05) is 49.3 Å². The van der Waals surface area contributed by atoms with Crippen molar-refractivity contribution in [3.8, 4) is 16.9 Å². The van der Waals surface area contributed by atoms with E-state index in [0.29, 0.717) is 22.0 Å². The molecule has 7 aromatic rings.